The van der Waals surface area contributed by atoms with Gasteiger partial charge in [0.15, 0.2) is 17.1 Å². The van der Waals surface area contributed by atoms with Crippen LogP contribution in [-0.4, -0.2) is 55.1 Å². The zero-order valence-corrected chi connectivity index (χ0v) is 19.4. The van der Waals surface area contributed by atoms with Crippen LogP contribution in [0, 0.1) is 0 Å². The number of pyridine rings is 2. The molecule has 1 aliphatic rings. The number of esters is 1. The average Bonchev–Trinajstić information content (AvgIpc) is 3.20. The number of nitrogens with zero attached hydrogens (tertiary/aromatic N) is 4. The Labute approximate surface area is 194 Å². The zero-order valence-electron chi connectivity index (χ0n) is 19.4. The normalized spacial score (nSPS) is 13.4. The predicted molar refractivity (Wildman–Crippen MR) is 122 cm³/mol. The first-order valence-corrected chi connectivity index (χ1v) is 11.3. The highest BCUT2D eigenvalue weighted by Crippen LogP contribution is 2.24. The van der Waals surface area contributed by atoms with Crippen molar-refractivity contribution in [2.75, 3.05) is 13.2 Å². The Kier molecular flexibility index (Phi) is 6.53. The predicted octanol–water partition coefficient (Wildman–Crippen LogP) is 1.58. The first-order valence-electron chi connectivity index (χ1n) is 11.3. The van der Waals surface area contributed by atoms with Crippen LogP contribution in [0.3, 0.4) is 0 Å². The summed E-state index contributed by atoms with van der Waals surface area (Å²) in [5.41, 5.74) is -0.108. The van der Waals surface area contributed by atoms with Crippen molar-refractivity contribution in [1.29, 1.82) is 0 Å². The van der Waals surface area contributed by atoms with Gasteiger partial charge in [-0.05, 0) is 32.4 Å². The molecule has 0 saturated heterocycles. The van der Waals surface area contributed by atoms with Gasteiger partial charge in [-0.2, -0.15) is 5.10 Å². The van der Waals surface area contributed by atoms with Gasteiger partial charge in [0.25, 0.3) is 5.91 Å². The SMILES string of the molecule is CCCCOc1c2n(c(COC(=O)c3cccn4c(=O)[nH]nc34)cc1=O)CCN(C(C)C)C2=O. The smallest absolute Gasteiger partial charge is 0.347 e. The number of nitrogens with one attached hydrogen (secondary N) is 1. The number of aromatic amines is 1. The van der Waals surface area contributed by atoms with Crippen LogP contribution in [0.4, 0.5) is 0 Å². The molecule has 0 unspecified atom stereocenters. The zero-order chi connectivity index (χ0) is 24.4. The van der Waals surface area contributed by atoms with Crippen molar-refractivity contribution in [2.45, 2.75) is 52.8 Å². The van der Waals surface area contributed by atoms with Crippen LogP contribution in [0.5, 0.6) is 5.75 Å². The largest absolute Gasteiger partial charge is 0.487 e. The highest BCUT2D eigenvalue weighted by Gasteiger charge is 2.32. The molecule has 1 amide bonds. The topological polar surface area (TPSA) is 128 Å². The third-order valence-corrected chi connectivity index (χ3v) is 5.76. The molecule has 0 atom stereocenters. The lowest BCUT2D eigenvalue weighted by molar-refractivity contribution is 0.0458. The number of carbonyl (C=O) groups excluding carboxylic acids is 2. The first kappa shape index (κ1) is 23.3. The fourth-order valence-electron chi connectivity index (χ4n) is 3.97. The van der Waals surface area contributed by atoms with E-state index in [1.165, 1.54) is 28.8 Å². The molecule has 4 heterocycles. The van der Waals surface area contributed by atoms with E-state index in [2.05, 4.69) is 10.2 Å². The molecule has 3 aromatic rings. The molecule has 0 spiro atoms. The van der Waals surface area contributed by atoms with Crippen LogP contribution in [0.1, 0.15) is 60.2 Å². The molecule has 1 N–H and O–H groups in total. The second kappa shape index (κ2) is 9.54. The minimum atomic E-state index is -0.708. The van der Waals surface area contributed by atoms with E-state index in [9.17, 15) is 19.2 Å². The van der Waals surface area contributed by atoms with Crippen LogP contribution < -0.4 is 15.9 Å². The number of hydrogen-bond donors (Lipinski definition) is 1. The molecule has 0 radical (unpaired) electrons. The molecule has 4 rings (SSSR count). The third kappa shape index (κ3) is 4.20. The van der Waals surface area contributed by atoms with E-state index in [0.717, 1.165) is 12.8 Å². The minimum Gasteiger partial charge on any atom is -0.487 e. The number of unbranched alkanes of at least 4 members (excludes halogenated alkanes) is 1. The van der Waals surface area contributed by atoms with Gasteiger partial charge in [0, 0.05) is 31.4 Å². The molecule has 0 aromatic carbocycles. The number of rotatable bonds is 8. The van der Waals surface area contributed by atoms with Crippen molar-refractivity contribution < 1.29 is 19.1 Å². The number of aromatic nitrogens is 4. The molecule has 0 fully saturated rings. The summed E-state index contributed by atoms with van der Waals surface area (Å²) in [6.07, 6.45) is 3.12. The van der Waals surface area contributed by atoms with E-state index >= 15 is 0 Å². The fraction of sp³-hybridized carbons (Fsp3) is 0.435. The van der Waals surface area contributed by atoms with E-state index in [1.807, 2.05) is 20.8 Å². The third-order valence-electron chi connectivity index (χ3n) is 5.76. The summed E-state index contributed by atoms with van der Waals surface area (Å²) < 4.78 is 14.1. The molecule has 11 nitrogen and oxygen atoms in total. The van der Waals surface area contributed by atoms with Crippen molar-refractivity contribution >= 4 is 17.5 Å². The summed E-state index contributed by atoms with van der Waals surface area (Å²) in [5.74, 6) is -0.973. The molecule has 180 valence electrons. The monoisotopic (exact) mass is 469 g/mol. The van der Waals surface area contributed by atoms with Gasteiger partial charge in [-0.25, -0.2) is 19.1 Å². The lowest BCUT2D eigenvalue weighted by atomic mass is 10.1. The Bertz CT molecular complexity index is 1350. The summed E-state index contributed by atoms with van der Waals surface area (Å²) in [6, 6.07) is 4.33. The van der Waals surface area contributed by atoms with E-state index in [0.29, 0.717) is 25.4 Å². The molecule has 0 aliphatic carbocycles. The molecule has 34 heavy (non-hydrogen) atoms. The summed E-state index contributed by atoms with van der Waals surface area (Å²) in [6.45, 7) is 6.81. The number of ether oxygens (including phenoxy) is 2. The van der Waals surface area contributed by atoms with E-state index in [-0.39, 0.29) is 41.2 Å². The number of carbonyl (C=O) groups is 2. The van der Waals surface area contributed by atoms with Crippen LogP contribution in [0.2, 0.25) is 0 Å². The summed E-state index contributed by atoms with van der Waals surface area (Å²) in [5, 5.41) is 6.15. The van der Waals surface area contributed by atoms with E-state index in [1.54, 1.807) is 9.47 Å². The van der Waals surface area contributed by atoms with Gasteiger partial charge in [0.1, 0.15) is 12.2 Å². The van der Waals surface area contributed by atoms with Gasteiger partial charge >= 0.3 is 11.7 Å². The number of H-pyrrole nitrogens is 1. The molecule has 3 aromatic heterocycles. The van der Waals surface area contributed by atoms with Crippen molar-refractivity contribution in [1.82, 2.24) is 24.1 Å². The summed E-state index contributed by atoms with van der Waals surface area (Å²) in [7, 11) is 0. The van der Waals surface area contributed by atoms with Crippen molar-refractivity contribution in [3.8, 4) is 5.75 Å². The molecule has 1 aliphatic heterocycles. The average molecular weight is 469 g/mol. The fourth-order valence-corrected chi connectivity index (χ4v) is 3.97. The first-order chi connectivity index (χ1) is 16.3. The van der Waals surface area contributed by atoms with E-state index in [4.69, 9.17) is 9.47 Å². The molecule has 0 saturated carbocycles. The standard InChI is InChI=1S/C23H27N5O6/c1-4-5-11-33-19-17(29)12-15(27-10-9-26(14(2)3)21(30)18(19)27)13-34-22(31)16-7-6-8-28-20(16)24-25-23(28)32/h6-8,12,14H,4-5,9-11,13H2,1-3H3,(H,25,32). The quantitative estimate of drug-likeness (QED) is 0.392. The Hall–Kier alpha value is -3.89. The maximum absolute atomic E-state index is 13.3. The number of amides is 1. The van der Waals surface area contributed by atoms with Crippen LogP contribution in [0.15, 0.2) is 34.0 Å². The van der Waals surface area contributed by atoms with Gasteiger partial charge in [-0.15, -0.1) is 0 Å². The highest BCUT2D eigenvalue weighted by atomic mass is 16.5. The highest BCUT2D eigenvalue weighted by molar-refractivity contribution is 5.96. The Morgan fingerprint density at radius 3 is 2.76 bits per heavy atom. The van der Waals surface area contributed by atoms with Crippen molar-refractivity contribution in [2.24, 2.45) is 0 Å². The van der Waals surface area contributed by atoms with E-state index < -0.39 is 17.1 Å². The molecular formula is C23H27N5O6. The van der Waals surface area contributed by atoms with Gasteiger partial charge in [-0.3, -0.25) is 9.59 Å². The van der Waals surface area contributed by atoms with Crippen LogP contribution >= 0.6 is 0 Å². The number of hydrogen-bond acceptors (Lipinski definition) is 7. The van der Waals surface area contributed by atoms with Crippen molar-refractivity contribution in [3.05, 3.63) is 62.1 Å². The lowest BCUT2D eigenvalue weighted by Gasteiger charge is -2.34. The van der Waals surface area contributed by atoms with Gasteiger partial charge in [0.2, 0.25) is 5.43 Å². The van der Waals surface area contributed by atoms with Gasteiger partial charge < -0.3 is 18.9 Å². The Morgan fingerprint density at radius 2 is 2.03 bits per heavy atom. The Balaban J connectivity index is 1.66. The maximum atomic E-state index is 13.3. The summed E-state index contributed by atoms with van der Waals surface area (Å²) >= 11 is 0. The van der Waals surface area contributed by atoms with Crippen LogP contribution in [0.25, 0.3) is 5.65 Å². The maximum Gasteiger partial charge on any atom is 0.347 e. The van der Waals surface area contributed by atoms with Crippen molar-refractivity contribution in [3.63, 3.8) is 0 Å². The van der Waals surface area contributed by atoms with Gasteiger partial charge in [-0.1, -0.05) is 13.3 Å². The second-order valence-corrected chi connectivity index (χ2v) is 8.34. The van der Waals surface area contributed by atoms with Gasteiger partial charge in [0.05, 0.1) is 12.3 Å². The minimum absolute atomic E-state index is 0.0274. The summed E-state index contributed by atoms with van der Waals surface area (Å²) in [4.78, 5) is 52.4. The number of fused-ring (bicyclic) bond motifs is 2. The lowest BCUT2D eigenvalue weighted by Crippen LogP contribution is -2.46. The molecule has 0 bridgehead atoms. The van der Waals surface area contributed by atoms with Crippen LogP contribution in [-0.2, 0) is 17.9 Å². The Morgan fingerprint density at radius 1 is 1.24 bits per heavy atom. The molecular weight excluding hydrogens is 442 g/mol. The second-order valence-electron chi connectivity index (χ2n) is 8.34. The molecule has 11 heteroatoms.